The van der Waals surface area contributed by atoms with Gasteiger partial charge >= 0.3 is 0 Å². The number of carbonyl (C=O) groups excluding carboxylic acids is 1. The van der Waals surface area contributed by atoms with E-state index in [9.17, 15) is 4.79 Å². The highest BCUT2D eigenvalue weighted by Gasteiger charge is 2.04. The molecule has 0 aliphatic heterocycles. The van der Waals surface area contributed by atoms with Gasteiger partial charge in [0.15, 0.2) is 0 Å². The number of benzene rings is 2. The second-order valence-electron chi connectivity index (χ2n) is 5.60. The fourth-order valence-corrected chi connectivity index (χ4v) is 2.66. The van der Waals surface area contributed by atoms with Gasteiger partial charge in [0.1, 0.15) is 11.5 Å². The topological polar surface area (TPSA) is 75.6 Å². The Balaban J connectivity index is 1.47. The van der Waals surface area contributed by atoms with Crippen molar-refractivity contribution in [1.82, 2.24) is 10.4 Å². The number of anilines is 1. The molecule has 0 unspecified atom stereocenters. The Kier molecular flexibility index (Phi) is 6.84. The molecule has 0 radical (unpaired) electrons. The third kappa shape index (κ3) is 5.70. The number of halogens is 2. The van der Waals surface area contributed by atoms with Crippen LogP contribution in [0.15, 0.2) is 72.1 Å². The molecule has 1 heterocycles. The number of carbonyl (C=O) groups is 1. The molecule has 0 bridgehead atoms. The molecule has 0 aliphatic rings. The van der Waals surface area contributed by atoms with E-state index in [4.69, 9.17) is 27.9 Å². The van der Waals surface area contributed by atoms with E-state index in [0.717, 1.165) is 11.4 Å². The average molecular weight is 415 g/mol. The van der Waals surface area contributed by atoms with Crippen molar-refractivity contribution >= 4 is 41.0 Å². The van der Waals surface area contributed by atoms with Gasteiger partial charge in [0.05, 0.1) is 22.8 Å². The Morgan fingerprint density at radius 1 is 1.00 bits per heavy atom. The maximum Gasteiger partial charge on any atom is 0.259 e. The number of pyridine rings is 1. The van der Waals surface area contributed by atoms with E-state index in [2.05, 4.69) is 20.8 Å². The van der Waals surface area contributed by atoms with E-state index in [1.165, 1.54) is 18.6 Å². The fraction of sp³-hybridized carbons (Fsp3) is 0.0500. The van der Waals surface area contributed by atoms with E-state index >= 15 is 0 Å². The standard InChI is InChI=1S/C20H16Cl2N4O2/c21-18-11-23-12-19(22)17(18)10-25-26-20(27)13-24-14-6-8-16(9-7-14)28-15-4-2-1-3-5-15/h1-12,24H,13H2,(H,26,27)/b25-10+. The van der Waals surface area contributed by atoms with Crippen LogP contribution in [0.25, 0.3) is 0 Å². The van der Waals surface area contributed by atoms with Gasteiger partial charge in [-0.1, -0.05) is 41.4 Å². The van der Waals surface area contributed by atoms with Crippen LogP contribution in [0.4, 0.5) is 5.69 Å². The number of hydrazone groups is 1. The third-order valence-electron chi connectivity index (χ3n) is 3.56. The fourth-order valence-electron chi connectivity index (χ4n) is 2.20. The van der Waals surface area contributed by atoms with Gasteiger partial charge in [-0.05, 0) is 36.4 Å². The summed E-state index contributed by atoms with van der Waals surface area (Å²) in [6, 6.07) is 16.8. The highest BCUT2D eigenvalue weighted by atomic mass is 35.5. The monoisotopic (exact) mass is 414 g/mol. The summed E-state index contributed by atoms with van der Waals surface area (Å²) in [7, 11) is 0. The molecule has 0 saturated carbocycles. The lowest BCUT2D eigenvalue weighted by molar-refractivity contribution is -0.119. The highest BCUT2D eigenvalue weighted by molar-refractivity contribution is 6.38. The van der Waals surface area contributed by atoms with Crippen molar-refractivity contribution in [3.63, 3.8) is 0 Å². The van der Waals surface area contributed by atoms with Crippen LogP contribution in [0.2, 0.25) is 10.0 Å². The molecular formula is C20H16Cl2N4O2. The number of nitrogens with one attached hydrogen (secondary N) is 2. The number of ether oxygens (including phenoxy) is 1. The summed E-state index contributed by atoms with van der Waals surface area (Å²) >= 11 is 12.0. The second-order valence-corrected chi connectivity index (χ2v) is 6.42. The summed E-state index contributed by atoms with van der Waals surface area (Å²) in [5.74, 6) is 1.15. The minimum absolute atomic E-state index is 0.0496. The lowest BCUT2D eigenvalue weighted by atomic mass is 10.3. The summed E-state index contributed by atoms with van der Waals surface area (Å²) in [5.41, 5.74) is 3.67. The maximum atomic E-state index is 11.9. The molecule has 0 atom stereocenters. The van der Waals surface area contributed by atoms with Gasteiger partial charge in [0.25, 0.3) is 5.91 Å². The van der Waals surface area contributed by atoms with E-state index in [-0.39, 0.29) is 12.5 Å². The Bertz CT molecular complexity index is 943. The van der Waals surface area contributed by atoms with Gasteiger partial charge in [0, 0.05) is 23.6 Å². The number of aromatic nitrogens is 1. The summed E-state index contributed by atoms with van der Waals surface area (Å²) in [4.78, 5) is 15.7. The normalized spacial score (nSPS) is 10.6. The molecule has 0 spiro atoms. The molecule has 0 saturated heterocycles. The Labute approximate surface area is 172 Å². The first kappa shape index (κ1) is 19.7. The van der Waals surface area contributed by atoms with Crippen LogP contribution in [0.3, 0.4) is 0 Å². The number of hydrogen-bond donors (Lipinski definition) is 2. The van der Waals surface area contributed by atoms with Gasteiger partial charge < -0.3 is 10.1 Å². The van der Waals surface area contributed by atoms with Crippen LogP contribution in [0.5, 0.6) is 11.5 Å². The number of rotatable bonds is 7. The Hall–Kier alpha value is -3.09. The first-order valence-electron chi connectivity index (χ1n) is 8.29. The van der Waals surface area contributed by atoms with E-state index in [0.29, 0.717) is 21.4 Å². The molecule has 1 amide bonds. The zero-order valence-electron chi connectivity index (χ0n) is 14.6. The van der Waals surface area contributed by atoms with Gasteiger partial charge in [-0.2, -0.15) is 5.10 Å². The molecule has 142 valence electrons. The number of nitrogens with zero attached hydrogens (tertiary/aromatic N) is 2. The van der Waals surface area contributed by atoms with Crippen molar-refractivity contribution in [2.75, 3.05) is 11.9 Å². The molecular weight excluding hydrogens is 399 g/mol. The smallest absolute Gasteiger partial charge is 0.259 e. The molecule has 0 fully saturated rings. The van der Waals surface area contributed by atoms with Gasteiger partial charge in [0.2, 0.25) is 0 Å². The molecule has 8 heteroatoms. The van der Waals surface area contributed by atoms with Crippen molar-refractivity contribution in [3.8, 4) is 11.5 Å². The van der Waals surface area contributed by atoms with Crippen LogP contribution in [-0.4, -0.2) is 23.7 Å². The van der Waals surface area contributed by atoms with E-state index in [1.807, 2.05) is 54.6 Å². The van der Waals surface area contributed by atoms with Crippen LogP contribution in [-0.2, 0) is 4.79 Å². The molecule has 3 aromatic rings. The Morgan fingerprint density at radius 3 is 2.32 bits per heavy atom. The van der Waals surface area contributed by atoms with Gasteiger partial charge in [-0.25, -0.2) is 5.43 Å². The summed E-state index contributed by atoms with van der Waals surface area (Å²) < 4.78 is 5.72. The van der Waals surface area contributed by atoms with Crippen molar-refractivity contribution in [3.05, 3.63) is 82.6 Å². The van der Waals surface area contributed by atoms with Crippen molar-refractivity contribution in [1.29, 1.82) is 0 Å². The number of amides is 1. The van der Waals surface area contributed by atoms with E-state index in [1.54, 1.807) is 0 Å². The summed E-state index contributed by atoms with van der Waals surface area (Å²) in [6.07, 6.45) is 4.27. The highest BCUT2D eigenvalue weighted by Crippen LogP contribution is 2.22. The molecule has 6 nitrogen and oxygen atoms in total. The zero-order valence-corrected chi connectivity index (χ0v) is 16.1. The van der Waals surface area contributed by atoms with Crippen molar-refractivity contribution < 1.29 is 9.53 Å². The van der Waals surface area contributed by atoms with Crippen molar-refractivity contribution in [2.45, 2.75) is 0 Å². The largest absolute Gasteiger partial charge is 0.457 e. The van der Waals surface area contributed by atoms with Crippen LogP contribution < -0.4 is 15.5 Å². The maximum absolute atomic E-state index is 11.9. The second kappa shape index (κ2) is 9.73. The molecule has 28 heavy (non-hydrogen) atoms. The first-order chi connectivity index (χ1) is 13.6. The van der Waals surface area contributed by atoms with Crippen molar-refractivity contribution in [2.24, 2.45) is 5.10 Å². The third-order valence-corrected chi connectivity index (χ3v) is 4.16. The molecule has 1 aromatic heterocycles. The average Bonchev–Trinajstić information content (AvgIpc) is 2.70. The Morgan fingerprint density at radius 2 is 1.64 bits per heavy atom. The van der Waals surface area contributed by atoms with Crippen LogP contribution in [0.1, 0.15) is 5.56 Å². The zero-order chi connectivity index (χ0) is 19.8. The van der Waals surface area contributed by atoms with Gasteiger partial charge in [-0.3, -0.25) is 9.78 Å². The number of para-hydroxylation sites is 1. The van der Waals surface area contributed by atoms with Crippen LogP contribution >= 0.6 is 23.2 Å². The SMILES string of the molecule is O=C(CNc1ccc(Oc2ccccc2)cc1)N/N=C/c1c(Cl)cncc1Cl. The van der Waals surface area contributed by atoms with Crippen LogP contribution in [0, 0.1) is 0 Å². The predicted octanol–water partition coefficient (Wildman–Crippen LogP) is 4.74. The lowest BCUT2D eigenvalue weighted by Crippen LogP contribution is -2.25. The number of hydrogen-bond acceptors (Lipinski definition) is 5. The minimum atomic E-state index is -0.317. The summed E-state index contributed by atoms with van der Waals surface area (Å²) in [5, 5.41) is 7.56. The predicted molar refractivity (Wildman–Crippen MR) is 111 cm³/mol. The molecule has 2 aromatic carbocycles. The molecule has 2 N–H and O–H groups in total. The molecule has 0 aliphatic carbocycles. The summed E-state index contributed by atoms with van der Waals surface area (Å²) in [6.45, 7) is 0.0496. The lowest BCUT2D eigenvalue weighted by Gasteiger charge is -2.08. The molecule has 3 rings (SSSR count). The quantitative estimate of drug-likeness (QED) is 0.432. The van der Waals surface area contributed by atoms with E-state index < -0.39 is 0 Å². The van der Waals surface area contributed by atoms with Gasteiger partial charge in [-0.15, -0.1) is 0 Å². The first-order valence-corrected chi connectivity index (χ1v) is 9.05. The minimum Gasteiger partial charge on any atom is -0.457 e.